The molecule has 1 aromatic carbocycles. The Balaban J connectivity index is 1.78. The van der Waals surface area contributed by atoms with Crippen LogP contribution in [0.15, 0.2) is 41.1 Å². The van der Waals surface area contributed by atoms with Crippen LogP contribution in [0.5, 0.6) is 0 Å². The topological polar surface area (TPSA) is 67.6 Å². The third-order valence-electron chi connectivity index (χ3n) is 4.73. The van der Waals surface area contributed by atoms with Gasteiger partial charge in [0, 0.05) is 30.5 Å². The van der Waals surface area contributed by atoms with Crippen molar-refractivity contribution in [2.75, 3.05) is 19.7 Å². The maximum atomic E-state index is 13.7. The number of nitrogens with zero attached hydrogens (tertiary/aromatic N) is 3. The summed E-state index contributed by atoms with van der Waals surface area (Å²) >= 11 is 3.33. The highest BCUT2D eigenvalue weighted by Gasteiger charge is 2.59. The van der Waals surface area contributed by atoms with E-state index in [0.29, 0.717) is 0 Å². The number of ether oxygens (including phenoxy) is 1. The van der Waals surface area contributed by atoms with E-state index in [0.717, 1.165) is 20.8 Å². The lowest BCUT2D eigenvalue weighted by atomic mass is 9.96. The zero-order valence-corrected chi connectivity index (χ0v) is 16.6. The number of benzene rings is 1. The Morgan fingerprint density at radius 3 is 2.61 bits per heavy atom. The molecule has 2 unspecified atom stereocenters. The van der Waals surface area contributed by atoms with E-state index in [9.17, 15) is 23.1 Å². The van der Waals surface area contributed by atoms with Crippen LogP contribution in [0.2, 0.25) is 0 Å². The van der Waals surface area contributed by atoms with Crippen molar-refractivity contribution in [1.82, 2.24) is 14.5 Å². The summed E-state index contributed by atoms with van der Waals surface area (Å²) in [5.74, 6) is -1.43. The number of hydrogen-bond donors (Lipinski definition) is 1. The van der Waals surface area contributed by atoms with Crippen molar-refractivity contribution in [1.29, 1.82) is 0 Å². The highest BCUT2D eigenvalue weighted by molar-refractivity contribution is 9.10. The third-order valence-corrected chi connectivity index (χ3v) is 5.26. The number of aromatic nitrogens is 2. The molecule has 1 aliphatic heterocycles. The number of rotatable bonds is 4. The summed E-state index contributed by atoms with van der Waals surface area (Å²) < 4.78 is 48.6. The van der Waals surface area contributed by atoms with E-state index in [-0.39, 0.29) is 19.7 Å². The zero-order chi connectivity index (χ0) is 20.5. The SMILES string of the molecule is Cn1ccnc1C(O)(CC(=O)N1CCOC(c2ccc(Br)cc2)C1)C(F)(F)F. The van der Waals surface area contributed by atoms with Gasteiger partial charge >= 0.3 is 6.18 Å². The number of alkyl halides is 3. The van der Waals surface area contributed by atoms with Gasteiger partial charge in [-0.15, -0.1) is 0 Å². The minimum absolute atomic E-state index is 0.106. The van der Waals surface area contributed by atoms with Crippen LogP contribution < -0.4 is 0 Å². The summed E-state index contributed by atoms with van der Waals surface area (Å²) in [5.41, 5.74) is -2.55. The molecule has 0 spiro atoms. The summed E-state index contributed by atoms with van der Waals surface area (Å²) in [4.78, 5) is 17.6. The van der Waals surface area contributed by atoms with Crippen LogP contribution in [-0.2, 0) is 22.2 Å². The molecule has 1 aliphatic rings. The minimum atomic E-state index is -5.06. The summed E-state index contributed by atoms with van der Waals surface area (Å²) in [6.07, 6.45) is -4.21. The van der Waals surface area contributed by atoms with Crippen LogP contribution >= 0.6 is 15.9 Å². The number of morpholine rings is 1. The molecule has 10 heteroatoms. The van der Waals surface area contributed by atoms with Gasteiger partial charge in [0.05, 0.1) is 19.6 Å². The smallest absolute Gasteiger partial charge is 0.374 e. The summed E-state index contributed by atoms with van der Waals surface area (Å²) in [5, 5.41) is 10.4. The van der Waals surface area contributed by atoms with Crippen molar-refractivity contribution in [2.45, 2.75) is 24.3 Å². The molecule has 0 saturated carbocycles. The van der Waals surface area contributed by atoms with Crippen LogP contribution in [-0.4, -0.2) is 51.3 Å². The largest absolute Gasteiger partial charge is 0.425 e. The quantitative estimate of drug-likeness (QED) is 0.759. The van der Waals surface area contributed by atoms with Crippen molar-refractivity contribution < 1.29 is 27.8 Å². The van der Waals surface area contributed by atoms with E-state index >= 15 is 0 Å². The molecule has 1 amide bonds. The highest BCUT2D eigenvalue weighted by atomic mass is 79.9. The number of amides is 1. The number of carbonyl (C=O) groups excluding carboxylic acids is 1. The fraction of sp³-hybridized carbons (Fsp3) is 0.444. The molecule has 152 valence electrons. The maximum Gasteiger partial charge on any atom is 0.425 e. The first-order valence-electron chi connectivity index (χ1n) is 8.53. The lowest BCUT2D eigenvalue weighted by Crippen LogP contribution is -2.50. The molecular weight excluding hydrogens is 443 g/mol. The summed E-state index contributed by atoms with van der Waals surface area (Å²) in [6, 6.07) is 7.29. The monoisotopic (exact) mass is 461 g/mol. The molecular formula is C18H19BrF3N3O3. The Hall–Kier alpha value is -1.91. The Bertz CT molecular complexity index is 841. The summed E-state index contributed by atoms with van der Waals surface area (Å²) in [7, 11) is 1.34. The number of aliphatic hydroxyl groups is 1. The molecule has 0 aliphatic carbocycles. The van der Waals surface area contributed by atoms with Gasteiger partial charge in [0.1, 0.15) is 6.10 Å². The normalized spacial score (nSPS) is 20.1. The first-order valence-corrected chi connectivity index (χ1v) is 9.33. The van der Waals surface area contributed by atoms with Crippen LogP contribution in [0.25, 0.3) is 0 Å². The van der Waals surface area contributed by atoms with E-state index in [2.05, 4.69) is 20.9 Å². The Morgan fingerprint density at radius 1 is 1.36 bits per heavy atom. The second-order valence-electron chi connectivity index (χ2n) is 6.65. The minimum Gasteiger partial charge on any atom is -0.374 e. The molecule has 1 saturated heterocycles. The van der Waals surface area contributed by atoms with Gasteiger partial charge in [-0.1, -0.05) is 28.1 Å². The third kappa shape index (κ3) is 4.08. The Morgan fingerprint density at radius 2 is 2.04 bits per heavy atom. The fourth-order valence-corrected chi connectivity index (χ4v) is 3.42. The van der Waals surface area contributed by atoms with E-state index in [1.54, 1.807) is 0 Å². The van der Waals surface area contributed by atoms with Gasteiger partial charge in [-0.25, -0.2) is 4.98 Å². The standard InChI is InChI=1S/C18H19BrF3N3O3/c1-24-7-6-23-16(24)17(27,18(20,21)22)10-15(26)25-8-9-28-14(11-25)12-2-4-13(19)5-3-12/h2-7,14,27H,8-11H2,1H3. The van der Waals surface area contributed by atoms with Gasteiger partial charge in [0.15, 0.2) is 5.82 Å². The van der Waals surface area contributed by atoms with E-state index in [1.807, 2.05) is 24.3 Å². The zero-order valence-electron chi connectivity index (χ0n) is 15.0. The second-order valence-corrected chi connectivity index (χ2v) is 7.56. The van der Waals surface area contributed by atoms with Crippen molar-refractivity contribution >= 4 is 21.8 Å². The van der Waals surface area contributed by atoms with E-state index in [1.165, 1.54) is 18.1 Å². The van der Waals surface area contributed by atoms with Gasteiger partial charge in [-0.3, -0.25) is 4.79 Å². The molecule has 1 N–H and O–H groups in total. The van der Waals surface area contributed by atoms with Crippen molar-refractivity contribution in [3.8, 4) is 0 Å². The van der Waals surface area contributed by atoms with Crippen LogP contribution in [0, 0.1) is 0 Å². The molecule has 6 nitrogen and oxygen atoms in total. The fourth-order valence-electron chi connectivity index (χ4n) is 3.16. The van der Waals surface area contributed by atoms with E-state index in [4.69, 9.17) is 4.74 Å². The predicted octanol–water partition coefficient (Wildman–Crippen LogP) is 2.92. The van der Waals surface area contributed by atoms with Gasteiger partial charge < -0.3 is 19.3 Å². The van der Waals surface area contributed by atoms with Crippen molar-refractivity contribution in [2.24, 2.45) is 7.05 Å². The Kier molecular flexibility index (Phi) is 5.83. The molecule has 28 heavy (non-hydrogen) atoms. The van der Waals surface area contributed by atoms with Gasteiger partial charge in [-0.05, 0) is 17.7 Å². The second kappa shape index (κ2) is 7.84. The van der Waals surface area contributed by atoms with Crippen molar-refractivity contribution in [3.63, 3.8) is 0 Å². The number of halogens is 4. The van der Waals surface area contributed by atoms with Crippen LogP contribution in [0.3, 0.4) is 0 Å². The highest BCUT2D eigenvalue weighted by Crippen LogP contribution is 2.41. The molecule has 2 aromatic rings. The number of hydrogen-bond acceptors (Lipinski definition) is 4. The summed E-state index contributed by atoms with van der Waals surface area (Å²) in [6.45, 7) is 0.453. The predicted molar refractivity (Wildman–Crippen MR) is 97.2 cm³/mol. The average Bonchev–Trinajstić information content (AvgIpc) is 3.08. The van der Waals surface area contributed by atoms with Gasteiger partial charge in [0.25, 0.3) is 0 Å². The van der Waals surface area contributed by atoms with Gasteiger partial charge in [-0.2, -0.15) is 13.2 Å². The van der Waals surface area contributed by atoms with Crippen LogP contribution in [0.4, 0.5) is 13.2 Å². The van der Waals surface area contributed by atoms with E-state index < -0.39 is 36.0 Å². The molecule has 1 aromatic heterocycles. The molecule has 3 rings (SSSR count). The molecule has 1 fully saturated rings. The number of carbonyl (C=O) groups is 1. The molecule has 0 radical (unpaired) electrons. The Labute approximate surface area is 168 Å². The lowest BCUT2D eigenvalue weighted by molar-refractivity contribution is -0.272. The first-order chi connectivity index (χ1) is 13.1. The first kappa shape index (κ1) is 20.8. The lowest BCUT2D eigenvalue weighted by Gasteiger charge is -2.36. The average molecular weight is 462 g/mol. The molecule has 2 atom stereocenters. The van der Waals surface area contributed by atoms with Crippen molar-refractivity contribution in [3.05, 3.63) is 52.5 Å². The molecule has 0 bridgehead atoms. The number of aryl methyl sites for hydroxylation is 1. The molecule has 2 heterocycles. The van der Waals surface area contributed by atoms with Crippen LogP contribution in [0.1, 0.15) is 23.9 Å². The maximum absolute atomic E-state index is 13.7. The number of imidazole rings is 1. The van der Waals surface area contributed by atoms with Gasteiger partial charge in [0.2, 0.25) is 11.5 Å².